The average Bonchev–Trinajstić information content (AvgIpc) is 2.15. The largest absolute Gasteiger partial charge is 0.344 e. The molecular formula is C10H20O3. The molecule has 0 saturated carbocycles. The quantitative estimate of drug-likeness (QED) is 0.332. The molecule has 0 bridgehead atoms. The summed E-state index contributed by atoms with van der Waals surface area (Å²) in [5, 5.41) is 0. The molecule has 3 heteroatoms. The summed E-state index contributed by atoms with van der Waals surface area (Å²) in [5.41, 5.74) is 0. The zero-order valence-corrected chi connectivity index (χ0v) is 8.84. The molecule has 0 aromatic carbocycles. The highest BCUT2D eigenvalue weighted by atomic mass is 16.7. The van der Waals surface area contributed by atoms with E-state index in [9.17, 15) is 4.79 Å². The maximum absolute atomic E-state index is 10.7. The Kier molecular flexibility index (Phi) is 6.82. The second-order valence-electron chi connectivity index (χ2n) is 3.18. The van der Waals surface area contributed by atoms with Gasteiger partial charge in [-0.3, -0.25) is 4.79 Å². The number of aldehydes is 1. The molecule has 0 radical (unpaired) electrons. The molecule has 0 spiro atoms. The smallest absolute Gasteiger partial charge is 0.222 e. The Morgan fingerprint density at radius 3 is 2.23 bits per heavy atom. The van der Waals surface area contributed by atoms with Crippen molar-refractivity contribution in [3.05, 3.63) is 0 Å². The molecule has 0 aliphatic heterocycles. The predicted molar refractivity (Wildman–Crippen MR) is 51.6 cm³/mol. The minimum atomic E-state index is -1.04. The molecular weight excluding hydrogens is 168 g/mol. The maximum atomic E-state index is 10.7. The van der Waals surface area contributed by atoms with Gasteiger partial charge >= 0.3 is 0 Å². The van der Waals surface area contributed by atoms with Crippen molar-refractivity contribution < 1.29 is 14.3 Å². The lowest BCUT2D eigenvalue weighted by Gasteiger charge is -2.23. The van der Waals surface area contributed by atoms with Crippen LogP contribution in [0.2, 0.25) is 0 Å². The highest BCUT2D eigenvalue weighted by Gasteiger charge is 2.24. The molecule has 13 heavy (non-hydrogen) atoms. The van der Waals surface area contributed by atoms with Crippen molar-refractivity contribution in [2.75, 3.05) is 13.2 Å². The third-order valence-electron chi connectivity index (χ3n) is 1.69. The molecule has 0 N–H and O–H groups in total. The molecule has 3 nitrogen and oxygen atoms in total. The lowest BCUT2D eigenvalue weighted by atomic mass is 10.3. The summed E-state index contributed by atoms with van der Waals surface area (Å²) in [4.78, 5) is 10.7. The first kappa shape index (κ1) is 12.6. The van der Waals surface area contributed by atoms with Crippen LogP contribution in [0.5, 0.6) is 0 Å². The molecule has 0 amide bonds. The lowest BCUT2D eigenvalue weighted by Crippen LogP contribution is -2.34. The highest BCUT2D eigenvalue weighted by Crippen LogP contribution is 2.10. The number of unbranched alkanes of at least 4 members (excludes halogenated alkanes) is 1. The van der Waals surface area contributed by atoms with Gasteiger partial charge in [-0.2, -0.15) is 0 Å². The maximum Gasteiger partial charge on any atom is 0.222 e. The summed E-state index contributed by atoms with van der Waals surface area (Å²) < 4.78 is 10.6. The van der Waals surface area contributed by atoms with Crippen LogP contribution in [0, 0.1) is 0 Å². The number of rotatable bonds is 8. The van der Waals surface area contributed by atoms with Gasteiger partial charge in [0.25, 0.3) is 0 Å². The van der Waals surface area contributed by atoms with Crippen molar-refractivity contribution in [3.8, 4) is 0 Å². The van der Waals surface area contributed by atoms with Gasteiger partial charge in [0.2, 0.25) is 5.79 Å². The van der Waals surface area contributed by atoms with E-state index < -0.39 is 5.79 Å². The van der Waals surface area contributed by atoms with E-state index in [0.717, 1.165) is 25.5 Å². The van der Waals surface area contributed by atoms with E-state index in [1.807, 2.05) is 6.92 Å². The Morgan fingerprint density at radius 2 is 1.77 bits per heavy atom. The Labute approximate surface area is 80.4 Å². The van der Waals surface area contributed by atoms with E-state index in [-0.39, 0.29) is 0 Å². The highest BCUT2D eigenvalue weighted by molar-refractivity contribution is 5.59. The first-order valence-corrected chi connectivity index (χ1v) is 4.92. The summed E-state index contributed by atoms with van der Waals surface area (Å²) in [5.74, 6) is -1.04. The number of carbonyl (C=O) groups is 1. The summed E-state index contributed by atoms with van der Waals surface area (Å²) in [6.45, 7) is 6.87. The predicted octanol–water partition coefficient (Wildman–Crippen LogP) is 2.14. The molecule has 1 atom stereocenters. The molecule has 78 valence electrons. The van der Waals surface area contributed by atoms with Gasteiger partial charge in [-0.1, -0.05) is 20.3 Å². The minimum absolute atomic E-state index is 0.557. The van der Waals surface area contributed by atoms with Gasteiger partial charge in [-0.15, -0.1) is 0 Å². The molecule has 0 aromatic rings. The van der Waals surface area contributed by atoms with Gasteiger partial charge in [0.15, 0.2) is 6.29 Å². The second kappa shape index (κ2) is 7.04. The number of carbonyl (C=O) groups excluding carboxylic acids is 1. The van der Waals surface area contributed by atoms with Gasteiger partial charge in [-0.25, -0.2) is 0 Å². The van der Waals surface area contributed by atoms with Crippen molar-refractivity contribution in [1.29, 1.82) is 0 Å². The molecule has 0 aromatic heterocycles. The number of hydrogen-bond acceptors (Lipinski definition) is 3. The van der Waals surface area contributed by atoms with Gasteiger partial charge in [-0.05, 0) is 19.8 Å². The summed E-state index contributed by atoms with van der Waals surface area (Å²) in [6, 6.07) is 0. The number of hydrogen-bond donors (Lipinski definition) is 0. The zero-order chi connectivity index (χ0) is 10.2. The normalized spacial score (nSPS) is 15.3. The third kappa shape index (κ3) is 5.77. The van der Waals surface area contributed by atoms with Gasteiger partial charge in [0, 0.05) is 0 Å². The SMILES string of the molecule is CCCCOC(C)(C=O)OCCC. The lowest BCUT2D eigenvalue weighted by molar-refractivity contribution is -0.210. The van der Waals surface area contributed by atoms with E-state index in [4.69, 9.17) is 9.47 Å². The van der Waals surface area contributed by atoms with Gasteiger partial charge in [0.1, 0.15) is 0 Å². The molecule has 1 unspecified atom stereocenters. The summed E-state index contributed by atoms with van der Waals surface area (Å²) >= 11 is 0. The Morgan fingerprint density at radius 1 is 1.15 bits per heavy atom. The van der Waals surface area contributed by atoms with Crippen molar-refractivity contribution in [2.24, 2.45) is 0 Å². The summed E-state index contributed by atoms with van der Waals surface area (Å²) in [6.07, 6.45) is 3.63. The van der Waals surface area contributed by atoms with Crippen LogP contribution in [0.25, 0.3) is 0 Å². The van der Waals surface area contributed by atoms with Crippen molar-refractivity contribution in [2.45, 2.75) is 45.8 Å². The first-order valence-electron chi connectivity index (χ1n) is 4.92. The van der Waals surface area contributed by atoms with Crippen molar-refractivity contribution in [3.63, 3.8) is 0 Å². The standard InChI is InChI=1S/C10H20O3/c1-4-6-8-13-10(3,9-11)12-7-5-2/h9H,4-8H2,1-3H3. The second-order valence-corrected chi connectivity index (χ2v) is 3.18. The molecule has 0 rings (SSSR count). The van der Waals surface area contributed by atoms with Crippen LogP contribution in [0.15, 0.2) is 0 Å². The van der Waals surface area contributed by atoms with E-state index in [2.05, 4.69) is 6.92 Å². The fourth-order valence-corrected chi connectivity index (χ4v) is 0.834. The van der Waals surface area contributed by atoms with E-state index in [1.54, 1.807) is 6.92 Å². The molecule has 0 heterocycles. The average molecular weight is 188 g/mol. The number of ether oxygens (including phenoxy) is 2. The Bertz CT molecular complexity index is 136. The molecule has 0 fully saturated rings. The van der Waals surface area contributed by atoms with Gasteiger partial charge < -0.3 is 9.47 Å². The Balaban J connectivity index is 3.74. The van der Waals surface area contributed by atoms with Crippen LogP contribution in [0.1, 0.15) is 40.0 Å². The van der Waals surface area contributed by atoms with E-state index in [0.29, 0.717) is 13.2 Å². The monoisotopic (exact) mass is 188 g/mol. The van der Waals surface area contributed by atoms with Crippen LogP contribution in [-0.2, 0) is 14.3 Å². The van der Waals surface area contributed by atoms with Crippen molar-refractivity contribution >= 4 is 6.29 Å². The van der Waals surface area contributed by atoms with Crippen molar-refractivity contribution in [1.82, 2.24) is 0 Å². The fraction of sp³-hybridized carbons (Fsp3) is 0.900. The van der Waals surface area contributed by atoms with Gasteiger partial charge in [0.05, 0.1) is 13.2 Å². The first-order chi connectivity index (χ1) is 6.18. The van der Waals surface area contributed by atoms with E-state index in [1.165, 1.54) is 0 Å². The summed E-state index contributed by atoms with van der Waals surface area (Å²) in [7, 11) is 0. The minimum Gasteiger partial charge on any atom is -0.344 e. The van der Waals surface area contributed by atoms with E-state index >= 15 is 0 Å². The van der Waals surface area contributed by atoms with Crippen LogP contribution < -0.4 is 0 Å². The Hall–Kier alpha value is -0.410. The van der Waals surface area contributed by atoms with Crippen LogP contribution in [0.3, 0.4) is 0 Å². The fourth-order valence-electron chi connectivity index (χ4n) is 0.834. The molecule has 0 aliphatic carbocycles. The van der Waals surface area contributed by atoms with Crippen LogP contribution >= 0.6 is 0 Å². The van der Waals surface area contributed by atoms with Crippen LogP contribution in [-0.4, -0.2) is 25.3 Å². The topological polar surface area (TPSA) is 35.5 Å². The molecule has 0 saturated heterocycles. The zero-order valence-electron chi connectivity index (χ0n) is 8.84. The van der Waals surface area contributed by atoms with Crippen LogP contribution in [0.4, 0.5) is 0 Å². The third-order valence-corrected chi connectivity index (χ3v) is 1.69. The molecule has 0 aliphatic rings.